The average Bonchev–Trinajstić information content (AvgIpc) is 3.35. The summed E-state index contributed by atoms with van der Waals surface area (Å²) in [6, 6.07) is 19.1. The summed E-state index contributed by atoms with van der Waals surface area (Å²) in [5.41, 5.74) is 2.60. The molecule has 1 N–H and O–H groups in total. The Kier molecular flexibility index (Phi) is 10.0. The maximum Gasteiger partial charge on any atom is 0.338 e. The van der Waals surface area contributed by atoms with Crippen molar-refractivity contribution in [2.75, 3.05) is 34.0 Å². The Morgan fingerprint density at radius 1 is 1.00 bits per heavy atom. The Balaban J connectivity index is 1.60. The minimum atomic E-state index is -0.852. The van der Waals surface area contributed by atoms with Gasteiger partial charge in [0.05, 0.1) is 42.2 Å². The number of carbonyl (C=O) groups is 1. The van der Waals surface area contributed by atoms with Crippen molar-refractivity contribution >= 4 is 23.4 Å². The van der Waals surface area contributed by atoms with Gasteiger partial charge in [-0.15, -0.1) is 0 Å². The molecule has 4 aromatic rings. The number of hydrogen-bond donors (Lipinski definition) is 1. The smallest absolute Gasteiger partial charge is 0.338 e. The first-order valence-corrected chi connectivity index (χ1v) is 15.1. The van der Waals surface area contributed by atoms with Crippen molar-refractivity contribution < 1.29 is 33.6 Å². The summed E-state index contributed by atoms with van der Waals surface area (Å²) in [7, 11) is 3.06. The van der Waals surface area contributed by atoms with Crippen molar-refractivity contribution in [2.24, 2.45) is 4.99 Å². The number of esters is 1. The molecular formula is C34H34N2O8S. The highest BCUT2D eigenvalue weighted by molar-refractivity contribution is 7.07. The van der Waals surface area contributed by atoms with Gasteiger partial charge in [-0.05, 0) is 60.9 Å². The summed E-state index contributed by atoms with van der Waals surface area (Å²) in [4.78, 5) is 32.6. The number of benzene rings is 3. The highest BCUT2D eigenvalue weighted by atomic mass is 32.1. The van der Waals surface area contributed by atoms with Gasteiger partial charge in [0.1, 0.15) is 13.2 Å². The van der Waals surface area contributed by atoms with E-state index in [9.17, 15) is 14.7 Å². The van der Waals surface area contributed by atoms with Gasteiger partial charge in [0.25, 0.3) is 5.56 Å². The SMILES string of the molecule is CCOc1cc(/C=c2\sc3n(c2=O)C(c2ccc(OCc4ccccc4)c(OC)c2)C(C(=O)OCCOC)=C(C)N=3)ccc1O. The number of aromatic hydroxyl groups is 1. The molecule has 234 valence electrons. The highest BCUT2D eigenvalue weighted by Gasteiger charge is 2.34. The number of aromatic nitrogens is 1. The number of phenols is 1. The molecule has 1 aliphatic rings. The molecule has 1 aromatic heterocycles. The van der Waals surface area contributed by atoms with Crippen molar-refractivity contribution in [3.8, 4) is 23.0 Å². The quantitative estimate of drug-likeness (QED) is 0.184. The number of phenolic OH excluding ortho intramolecular Hbond substituents is 1. The van der Waals surface area contributed by atoms with Gasteiger partial charge >= 0.3 is 5.97 Å². The molecular weight excluding hydrogens is 596 g/mol. The topological polar surface area (TPSA) is 118 Å². The van der Waals surface area contributed by atoms with E-state index in [1.54, 1.807) is 43.3 Å². The van der Waals surface area contributed by atoms with Crippen LogP contribution in [0.1, 0.15) is 36.6 Å². The largest absolute Gasteiger partial charge is 0.504 e. The number of thiazole rings is 1. The van der Waals surface area contributed by atoms with Gasteiger partial charge in [-0.25, -0.2) is 9.79 Å². The normalized spacial score (nSPS) is 14.5. The lowest BCUT2D eigenvalue weighted by Gasteiger charge is -2.25. The van der Waals surface area contributed by atoms with E-state index in [1.807, 2.05) is 37.3 Å². The first-order chi connectivity index (χ1) is 21.8. The summed E-state index contributed by atoms with van der Waals surface area (Å²) in [6.07, 6.45) is 1.71. The molecule has 11 heteroatoms. The molecule has 2 heterocycles. The maximum absolute atomic E-state index is 14.0. The lowest BCUT2D eigenvalue weighted by molar-refractivity contribution is -0.140. The van der Waals surface area contributed by atoms with Gasteiger partial charge in [0.2, 0.25) is 0 Å². The van der Waals surface area contributed by atoms with Crippen molar-refractivity contribution in [2.45, 2.75) is 26.5 Å². The molecule has 0 aliphatic carbocycles. The third kappa shape index (κ3) is 6.95. The van der Waals surface area contributed by atoms with Gasteiger partial charge in [-0.1, -0.05) is 53.8 Å². The number of methoxy groups -OCH3 is 2. The van der Waals surface area contributed by atoms with Crippen LogP contribution in [0.25, 0.3) is 6.08 Å². The fourth-order valence-electron chi connectivity index (χ4n) is 4.95. The summed E-state index contributed by atoms with van der Waals surface area (Å²) >= 11 is 1.20. The fourth-order valence-corrected chi connectivity index (χ4v) is 5.99. The van der Waals surface area contributed by atoms with Crippen LogP contribution in [0.5, 0.6) is 23.0 Å². The van der Waals surface area contributed by atoms with Crippen LogP contribution in [0.4, 0.5) is 0 Å². The van der Waals surface area contributed by atoms with Crippen LogP contribution in [0.3, 0.4) is 0 Å². The Morgan fingerprint density at radius 3 is 2.53 bits per heavy atom. The fraction of sp³-hybridized carbons (Fsp3) is 0.265. The molecule has 0 saturated heterocycles. The molecule has 45 heavy (non-hydrogen) atoms. The molecule has 0 fully saturated rings. The van der Waals surface area contributed by atoms with Gasteiger partial charge in [-0.3, -0.25) is 9.36 Å². The first kappa shape index (κ1) is 31.6. The van der Waals surface area contributed by atoms with Crippen LogP contribution >= 0.6 is 11.3 Å². The highest BCUT2D eigenvalue weighted by Crippen LogP contribution is 2.36. The molecule has 0 saturated carbocycles. The zero-order valence-corrected chi connectivity index (χ0v) is 26.3. The second-order valence-corrected chi connectivity index (χ2v) is 11.1. The average molecular weight is 631 g/mol. The van der Waals surface area contributed by atoms with Crippen molar-refractivity contribution in [1.82, 2.24) is 4.57 Å². The predicted molar refractivity (Wildman–Crippen MR) is 170 cm³/mol. The zero-order valence-electron chi connectivity index (χ0n) is 25.4. The minimum absolute atomic E-state index is 0.00727. The predicted octanol–water partition coefficient (Wildman–Crippen LogP) is 4.12. The number of ether oxygens (including phenoxy) is 5. The van der Waals surface area contributed by atoms with E-state index in [4.69, 9.17) is 23.7 Å². The van der Waals surface area contributed by atoms with E-state index in [0.29, 0.717) is 56.6 Å². The monoisotopic (exact) mass is 630 g/mol. The molecule has 0 spiro atoms. The summed E-state index contributed by atoms with van der Waals surface area (Å²) in [5, 5.41) is 10.1. The van der Waals surface area contributed by atoms with Gasteiger partial charge in [0.15, 0.2) is 27.8 Å². The molecule has 1 unspecified atom stereocenters. The third-order valence-corrected chi connectivity index (χ3v) is 8.07. The Morgan fingerprint density at radius 2 is 1.80 bits per heavy atom. The van der Waals surface area contributed by atoms with Crippen LogP contribution in [0, 0.1) is 0 Å². The van der Waals surface area contributed by atoms with Crippen LogP contribution in [0.2, 0.25) is 0 Å². The van der Waals surface area contributed by atoms with Crippen molar-refractivity contribution in [3.05, 3.63) is 114 Å². The molecule has 0 bridgehead atoms. The van der Waals surface area contributed by atoms with E-state index < -0.39 is 12.0 Å². The molecule has 1 atom stereocenters. The Labute approximate surface area is 264 Å². The molecule has 5 rings (SSSR count). The standard InChI is InChI=1S/C34H34N2O8S/c1-5-42-27-17-23(11-13-25(27)37)18-29-32(38)36-31(30(21(2)35-34(36)45-29)33(39)43-16-15-40-3)24-12-14-26(28(19-24)41-4)44-20-22-9-7-6-8-10-22/h6-14,17-19,31,37H,5,15-16,20H2,1-4H3/b29-18-. The summed E-state index contributed by atoms with van der Waals surface area (Å²) in [5.74, 6) is 0.680. The number of rotatable bonds is 12. The summed E-state index contributed by atoms with van der Waals surface area (Å²) < 4.78 is 29.7. The molecule has 10 nitrogen and oxygen atoms in total. The second kappa shape index (κ2) is 14.3. The lowest BCUT2D eigenvalue weighted by atomic mass is 9.95. The molecule has 0 amide bonds. The van der Waals surface area contributed by atoms with Gasteiger partial charge in [0, 0.05) is 7.11 Å². The van der Waals surface area contributed by atoms with E-state index in [2.05, 4.69) is 4.99 Å². The molecule has 1 aliphatic heterocycles. The van der Waals surface area contributed by atoms with E-state index in [0.717, 1.165) is 5.56 Å². The van der Waals surface area contributed by atoms with E-state index in [1.165, 1.54) is 36.2 Å². The number of carbonyl (C=O) groups excluding carboxylic acids is 1. The van der Waals surface area contributed by atoms with E-state index in [-0.39, 0.29) is 30.1 Å². The number of hydrogen-bond acceptors (Lipinski definition) is 10. The van der Waals surface area contributed by atoms with Crippen molar-refractivity contribution in [3.63, 3.8) is 0 Å². The number of fused-ring (bicyclic) bond motifs is 1. The second-order valence-electron chi connectivity index (χ2n) is 10.1. The Bertz CT molecular complexity index is 1900. The zero-order chi connectivity index (χ0) is 31.9. The van der Waals surface area contributed by atoms with E-state index >= 15 is 0 Å². The lowest BCUT2D eigenvalue weighted by Crippen LogP contribution is -2.40. The van der Waals surface area contributed by atoms with Crippen LogP contribution < -0.4 is 29.1 Å². The summed E-state index contributed by atoms with van der Waals surface area (Å²) in [6.45, 7) is 4.52. The van der Waals surface area contributed by atoms with Gasteiger partial charge in [-0.2, -0.15) is 0 Å². The van der Waals surface area contributed by atoms with Crippen molar-refractivity contribution in [1.29, 1.82) is 0 Å². The number of nitrogens with zero attached hydrogens (tertiary/aromatic N) is 2. The maximum atomic E-state index is 14.0. The van der Waals surface area contributed by atoms with Crippen LogP contribution in [-0.2, 0) is 20.9 Å². The molecule has 0 radical (unpaired) electrons. The minimum Gasteiger partial charge on any atom is -0.504 e. The van der Waals surface area contributed by atoms with Crippen LogP contribution in [0.15, 0.2) is 87.8 Å². The third-order valence-electron chi connectivity index (χ3n) is 7.08. The molecule has 3 aromatic carbocycles. The van der Waals surface area contributed by atoms with Crippen LogP contribution in [-0.4, -0.2) is 49.7 Å². The first-order valence-electron chi connectivity index (χ1n) is 14.3. The number of allylic oxidation sites excluding steroid dienone is 1. The van der Waals surface area contributed by atoms with Gasteiger partial charge < -0.3 is 28.8 Å². The Hall–Kier alpha value is -4.87.